The Morgan fingerprint density at radius 2 is 1.90 bits per heavy atom. The minimum absolute atomic E-state index is 0.0884. The van der Waals surface area contributed by atoms with Gasteiger partial charge in [0.2, 0.25) is 5.95 Å². The highest BCUT2D eigenvalue weighted by atomic mass is 16.5. The molecule has 5 rings (SSSR count). The van der Waals surface area contributed by atoms with Gasteiger partial charge in [0.25, 0.3) is 0 Å². The molecule has 1 N–H and O–H groups in total. The van der Waals surface area contributed by atoms with Crippen molar-refractivity contribution in [2.75, 3.05) is 12.4 Å². The maximum absolute atomic E-state index is 13.3. The number of methoxy groups -OCH3 is 1. The molecule has 0 radical (unpaired) electrons. The van der Waals surface area contributed by atoms with E-state index < -0.39 is 0 Å². The van der Waals surface area contributed by atoms with Crippen molar-refractivity contribution in [3.05, 3.63) is 70.9 Å². The monoisotopic (exact) mass is 414 g/mol. The summed E-state index contributed by atoms with van der Waals surface area (Å²) in [5, 5.41) is 8.29. The van der Waals surface area contributed by atoms with Crippen LogP contribution in [0.2, 0.25) is 0 Å². The van der Waals surface area contributed by atoms with Gasteiger partial charge in [0.1, 0.15) is 11.8 Å². The lowest BCUT2D eigenvalue weighted by Crippen LogP contribution is -2.36. The lowest BCUT2D eigenvalue weighted by atomic mass is 9.73. The molecular weight excluding hydrogens is 388 g/mol. The largest absolute Gasteiger partial charge is 0.497 e. The Labute approximate surface area is 182 Å². The summed E-state index contributed by atoms with van der Waals surface area (Å²) < 4.78 is 7.18. The Kier molecular flexibility index (Phi) is 4.46. The Bertz CT molecular complexity index is 1200. The molecule has 3 aromatic rings. The molecule has 1 unspecified atom stereocenters. The van der Waals surface area contributed by atoms with Gasteiger partial charge in [0.05, 0.1) is 7.11 Å². The van der Waals surface area contributed by atoms with Crippen LogP contribution in [0.25, 0.3) is 11.4 Å². The summed E-state index contributed by atoms with van der Waals surface area (Å²) >= 11 is 0. The third kappa shape index (κ3) is 3.42. The first-order valence-electron chi connectivity index (χ1n) is 10.6. The van der Waals surface area contributed by atoms with Gasteiger partial charge in [-0.25, -0.2) is 4.68 Å². The number of aromatic nitrogens is 3. The highest BCUT2D eigenvalue weighted by Crippen LogP contribution is 2.45. The van der Waals surface area contributed by atoms with Crippen LogP contribution in [0, 0.1) is 12.3 Å². The number of rotatable bonds is 3. The van der Waals surface area contributed by atoms with Gasteiger partial charge in [0.15, 0.2) is 11.6 Å². The first-order valence-corrected chi connectivity index (χ1v) is 10.6. The van der Waals surface area contributed by atoms with Crippen molar-refractivity contribution in [1.29, 1.82) is 0 Å². The molecule has 1 aromatic heterocycles. The first kappa shape index (κ1) is 19.5. The molecule has 0 saturated heterocycles. The number of nitrogens with zero attached hydrogens (tertiary/aromatic N) is 3. The highest BCUT2D eigenvalue weighted by Gasteiger charge is 2.41. The van der Waals surface area contributed by atoms with Crippen molar-refractivity contribution in [1.82, 2.24) is 14.8 Å². The number of anilines is 1. The molecule has 2 heterocycles. The molecule has 1 aliphatic heterocycles. The normalized spacial score (nSPS) is 19.5. The number of allylic oxidation sites excluding steroid dienone is 2. The van der Waals surface area contributed by atoms with Gasteiger partial charge < -0.3 is 10.1 Å². The topological polar surface area (TPSA) is 69.0 Å². The third-order valence-electron chi connectivity index (χ3n) is 6.04. The van der Waals surface area contributed by atoms with Crippen molar-refractivity contribution < 1.29 is 9.53 Å². The second-order valence-corrected chi connectivity index (χ2v) is 9.21. The van der Waals surface area contributed by atoms with Crippen LogP contribution in [0.5, 0.6) is 5.75 Å². The third-order valence-corrected chi connectivity index (χ3v) is 6.04. The summed E-state index contributed by atoms with van der Waals surface area (Å²) in [6.07, 6.45) is 1.32. The Hall–Kier alpha value is -3.41. The van der Waals surface area contributed by atoms with E-state index in [0.29, 0.717) is 18.2 Å². The van der Waals surface area contributed by atoms with Gasteiger partial charge in [-0.1, -0.05) is 49.7 Å². The van der Waals surface area contributed by atoms with E-state index in [0.717, 1.165) is 40.1 Å². The van der Waals surface area contributed by atoms with Crippen molar-refractivity contribution in [3.8, 4) is 17.1 Å². The van der Waals surface area contributed by atoms with Gasteiger partial charge in [-0.2, -0.15) is 4.98 Å². The standard InChI is InChI=1S/C25H26N4O2/c1-15-6-5-7-17(12-15)23-27-24-26-19-13-25(2,3)14-20(30)21(19)22(29(24)28-23)16-8-10-18(31-4)11-9-16/h5-12,22H,13-14H2,1-4H3,(H,26,27,28). The fraction of sp³-hybridized carbons (Fsp3) is 0.320. The van der Waals surface area contributed by atoms with E-state index in [-0.39, 0.29) is 17.2 Å². The number of ether oxygens (including phenoxy) is 1. The van der Waals surface area contributed by atoms with Crippen LogP contribution in [-0.4, -0.2) is 27.7 Å². The molecule has 31 heavy (non-hydrogen) atoms. The zero-order chi connectivity index (χ0) is 21.8. The fourth-order valence-electron chi connectivity index (χ4n) is 4.61. The molecule has 2 aliphatic rings. The summed E-state index contributed by atoms with van der Waals surface area (Å²) in [5.41, 5.74) is 4.76. The van der Waals surface area contributed by atoms with Gasteiger partial charge in [-0.15, -0.1) is 5.10 Å². The van der Waals surface area contributed by atoms with E-state index in [9.17, 15) is 4.79 Å². The van der Waals surface area contributed by atoms with Crippen molar-refractivity contribution in [2.24, 2.45) is 5.41 Å². The number of carbonyl (C=O) groups is 1. The molecular formula is C25H26N4O2. The van der Waals surface area contributed by atoms with Crippen LogP contribution in [0.1, 0.15) is 43.9 Å². The molecule has 0 amide bonds. The molecule has 1 aliphatic carbocycles. The van der Waals surface area contributed by atoms with Gasteiger partial charge in [-0.05, 0) is 42.5 Å². The average molecular weight is 415 g/mol. The summed E-state index contributed by atoms with van der Waals surface area (Å²) in [4.78, 5) is 18.1. The average Bonchev–Trinajstić information content (AvgIpc) is 3.15. The quantitative estimate of drug-likeness (QED) is 0.659. The molecule has 0 spiro atoms. The van der Waals surface area contributed by atoms with Gasteiger partial charge >= 0.3 is 0 Å². The summed E-state index contributed by atoms with van der Waals surface area (Å²) in [6, 6.07) is 15.7. The van der Waals surface area contributed by atoms with E-state index in [2.05, 4.69) is 38.2 Å². The van der Waals surface area contributed by atoms with Gasteiger partial charge in [-0.3, -0.25) is 4.79 Å². The lowest BCUT2D eigenvalue weighted by Gasteiger charge is -2.38. The van der Waals surface area contributed by atoms with Crippen LogP contribution >= 0.6 is 0 Å². The second kappa shape index (κ2) is 7.08. The summed E-state index contributed by atoms with van der Waals surface area (Å²) in [7, 11) is 1.65. The first-order chi connectivity index (χ1) is 14.8. The predicted octanol–water partition coefficient (Wildman–Crippen LogP) is 4.92. The zero-order valence-corrected chi connectivity index (χ0v) is 18.3. The Morgan fingerprint density at radius 1 is 1.13 bits per heavy atom. The SMILES string of the molecule is COc1ccc(C2C3=C(CC(C)(C)CC3=O)Nc3nc(-c4cccc(C)c4)nn32)cc1. The predicted molar refractivity (Wildman–Crippen MR) is 120 cm³/mol. The molecule has 0 bridgehead atoms. The number of carbonyl (C=O) groups excluding carboxylic acids is 1. The Morgan fingerprint density at radius 3 is 2.61 bits per heavy atom. The molecule has 0 saturated carbocycles. The minimum atomic E-state index is -0.313. The highest BCUT2D eigenvalue weighted by molar-refractivity contribution is 6.00. The fourth-order valence-corrected chi connectivity index (χ4v) is 4.61. The molecule has 0 fully saturated rings. The lowest BCUT2D eigenvalue weighted by molar-refractivity contribution is -0.118. The minimum Gasteiger partial charge on any atom is -0.497 e. The summed E-state index contributed by atoms with van der Waals surface area (Å²) in [5.74, 6) is 2.26. The molecule has 1 atom stereocenters. The molecule has 158 valence electrons. The van der Waals surface area contributed by atoms with Crippen LogP contribution in [-0.2, 0) is 4.79 Å². The van der Waals surface area contributed by atoms with E-state index >= 15 is 0 Å². The molecule has 6 heteroatoms. The Balaban J connectivity index is 1.67. The van der Waals surface area contributed by atoms with Crippen molar-refractivity contribution in [3.63, 3.8) is 0 Å². The number of hydrogen-bond donors (Lipinski definition) is 1. The van der Waals surface area contributed by atoms with E-state index in [1.807, 2.05) is 41.1 Å². The smallest absolute Gasteiger partial charge is 0.226 e. The van der Waals surface area contributed by atoms with Gasteiger partial charge in [0, 0.05) is 23.3 Å². The number of hydrogen-bond acceptors (Lipinski definition) is 5. The molecule has 6 nitrogen and oxygen atoms in total. The molecule has 2 aromatic carbocycles. The number of Topliss-reactive ketones (excluding diaryl/α,β-unsaturated/α-hetero) is 1. The number of benzene rings is 2. The van der Waals surface area contributed by atoms with Crippen LogP contribution < -0.4 is 10.1 Å². The number of nitrogens with one attached hydrogen (secondary N) is 1. The van der Waals surface area contributed by atoms with Crippen LogP contribution in [0.15, 0.2) is 59.8 Å². The van der Waals surface area contributed by atoms with E-state index in [1.54, 1.807) is 7.11 Å². The van der Waals surface area contributed by atoms with E-state index in [1.165, 1.54) is 0 Å². The maximum Gasteiger partial charge on any atom is 0.226 e. The van der Waals surface area contributed by atoms with Crippen LogP contribution in [0.4, 0.5) is 5.95 Å². The number of ketones is 1. The van der Waals surface area contributed by atoms with Crippen molar-refractivity contribution >= 4 is 11.7 Å². The number of aryl methyl sites for hydroxylation is 1. The second-order valence-electron chi connectivity index (χ2n) is 9.21. The maximum atomic E-state index is 13.3. The van der Waals surface area contributed by atoms with Crippen molar-refractivity contribution in [2.45, 2.75) is 39.7 Å². The van der Waals surface area contributed by atoms with Crippen LogP contribution in [0.3, 0.4) is 0 Å². The summed E-state index contributed by atoms with van der Waals surface area (Å²) in [6.45, 7) is 6.32. The van der Waals surface area contributed by atoms with E-state index in [4.69, 9.17) is 14.8 Å². The zero-order valence-electron chi connectivity index (χ0n) is 18.3. The number of fused-ring (bicyclic) bond motifs is 1.